The van der Waals surface area contributed by atoms with E-state index in [1.165, 1.54) is 12.0 Å². The zero-order valence-electron chi connectivity index (χ0n) is 18.0. The molecule has 1 aromatic rings. The molecule has 1 fully saturated rings. The second-order valence-corrected chi connectivity index (χ2v) is 7.85. The van der Waals surface area contributed by atoms with Crippen LogP contribution in [0.5, 0.6) is 0 Å². The van der Waals surface area contributed by atoms with Crippen LogP contribution in [0, 0.1) is 13.8 Å². The Labute approximate surface area is 175 Å². The molecule has 0 saturated carbocycles. The molecule has 9 nitrogen and oxygen atoms in total. The second kappa shape index (κ2) is 6.86. The fourth-order valence-electron chi connectivity index (χ4n) is 4.30. The first-order chi connectivity index (χ1) is 14.2. The third-order valence-electron chi connectivity index (χ3n) is 6.00. The quantitative estimate of drug-likeness (QED) is 0.705. The first kappa shape index (κ1) is 19.9. The highest BCUT2D eigenvalue weighted by Gasteiger charge is 2.56. The van der Waals surface area contributed by atoms with Crippen LogP contribution in [0.15, 0.2) is 34.6 Å². The van der Waals surface area contributed by atoms with Crippen molar-refractivity contribution in [1.82, 2.24) is 14.7 Å². The monoisotopic (exact) mass is 411 g/mol. The van der Waals surface area contributed by atoms with Gasteiger partial charge in [0, 0.05) is 18.4 Å². The number of allylic oxidation sites excluding steroid dienone is 2. The van der Waals surface area contributed by atoms with Crippen molar-refractivity contribution >= 4 is 29.6 Å². The van der Waals surface area contributed by atoms with Crippen LogP contribution in [-0.2, 0) is 14.3 Å². The molecule has 0 N–H and O–H groups in total. The average Bonchev–Trinajstić information content (AvgIpc) is 3.20. The zero-order chi connectivity index (χ0) is 21.9. The Kier molecular flexibility index (Phi) is 4.56. The van der Waals surface area contributed by atoms with E-state index in [9.17, 15) is 14.4 Å². The molecule has 3 heterocycles. The van der Waals surface area contributed by atoms with Gasteiger partial charge in [0.2, 0.25) is 5.96 Å². The largest absolute Gasteiger partial charge is 0.468 e. The van der Waals surface area contributed by atoms with Crippen molar-refractivity contribution in [2.75, 3.05) is 25.6 Å². The highest BCUT2D eigenvalue weighted by atomic mass is 16.5. The molecule has 3 aliphatic heterocycles. The van der Waals surface area contributed by atoms with Crippen LogP contribution < -0.4 is 4.90 Å². The predicted octanol–water partition coefficient (Wildman–Crippen LogP) is 1.81. The van der Waals surface area contributed by atoms with Crippen LogP contribution in [0.4, 0.5) is 10.5 Å². The molecule has 3 amide bonds. The molecule has 4 rings (SSSR count). The summed E-state index contributed by atoms with van der Waals surface area (Å²) in [5.41, 5.74) is 5.07. The molecule has 0 aromatic heterocycles. The van der Waals surface area contributed by atoms with Gasteiger partial charge in [-0.05, 0) is 39.3 Å². The molecule has 158 valence electrons. The van der Waals surface area contributed by atoms with Gasteiger partial charge in [0.1, 0.15) is 6.54 Å². The maximum atomic E-state index is 13.3. The Morgan fingerprint density at radius 1 is 1.13 bits per heavy atom. The summed E-state index contributed by atoms with van der Waals surface area (Å²) >= 11 is 0. The number of hydrogen-bond acceptors (Lipinski definition) is 7. The second-order valence-electron chi connectivity index (χ2n) is 7.85. The van der Waals surface area contributed by atoms with E-state index in [1.807, 2.05) is 49.6 Å². The molecule has 0 aliphatic carbocycles. The van der Waals surface area contributed by atoms with Gasteiger partial charge in [-0.15, -0.1) is 0 Å². The summed E-state index contributed by atoms with van der Waals surface area (Å²) in [4.78, 5) is 48.8. The number of likely N-dealkylation sites (N-methyl/N-ethyl adjacent to an activating group) is 1. The van der Waals surface area contributed by atoms with Crippen molar-refractivity contribution in [3.8, 4) is 0 Å². The lowest BCUT2D eigenvalue weighted by molar-refractivity contribution is -0.148. The van der Waals surface area contributed by atoms with Crippen molar-refractivity contribution in [1.29, 1.82) is 0 Å². The van der Waals surface area contributed by atoms with Crippen LogP contribution >= 0.6 is 0 Å². The van der Waals surface area contributed by atoms with Crippen molar-refractivity contribution in [2.45, 2.75) is 39.9 Å². The van der Waals surface area contributed by atoms with Crippen LogP contribution in [0.3, 0.4) is 0 Å². The fraction of sp³-hybridized carbons (Fsp3) is 0.429. The van der Waals surface area contributed by atoms with Crippen LogP contribution in [0.25, 0.3) is 0 Å². The van der Waals surface area contributed by atoms with E-state index in [1.54, 1.807) is 7.05 Å². The molecule has 1 aromatic carbocycles. The Morgan fingerprint density at radius 2 is 1.83 bits per heavy atom. The number of ether oxygens (including phenoxy) is 1. The molecule has 1 saturated heterocycles. The molecule has 30 heavy (non-hydrogen) atoms. The summed E-state index contributed by atoms with van der Waals surface area (Å²) in [6.07, 6.45) is -0.662. The van der Waals surface area contributed by atoms with E-state index in [0.29, 0.717) is 5.96 Å². The zero-order valence-corrected chi connectivity index (χ0v) is 18.0. The molecule has 0 radical (unpaired) electrons. The summed E-state index contributed by atoms with van der Waals surface area (Å²) in [5.74, 6) is -0.494. The van der Waals surface area contributed by atoms with Crippen molar-refractivity contribution < 1.29 is 19.1 Å². The summed E-state index contributed by atoms with van der Waals surface area (Å²) in [6.45, 7) is 7.57. The van der Waals surface area contributed by atoms with Gasteiger partial charge in [-0.2, -0.15) is 0 Å². The Balaban J connectivity index is 1.76. The highest BCUT2D eigenvalue weighted by Crippen LogP contribution is 2.40. The highest BCUT2D eigenvalue weighted by molar-refractivity contribution is 6.11. The fourth-order valence-corrected chi connectivity index (χ4v) is 4.30. The summed E-state index contributed by atoms with van der Waals surface area (Å²) in [5, 5.41) is 0. The topological polar surface area (TPSA) is 85.8 Å². The van der Waals surface area contributed by atoms with Gasteiger partial charge >= 0.3 is 12.0 Å². The SMILES string of the molecule is COC(=O)CN1C(=O)C2C(N=C3N(c4ccc(C)cc4C)C(C)=C(C)N32)N(C)C1=O. The number of aliphatic imine (C=N–C) groups is 1. The number of imide groups is 1. The van der Waals surface area contributed by atoms with E-state index in [2.05, 4.69) is 10.8 Å². The molecule has 2 atom stereocenters. The molecule has 9 heteroatoms. The number of fused-ring (bicyclic) bond motifs is 3. The third kappa shape index (κ3) is 2.68. The lowest BCUT2D eigenvalue weighted by Gasteiger charge is -2.40. The van der Waals surface area contributed by atoms with Crippen molar-refractivity contribution in [3.63, 3.8) is 0 Å². The summed E-state index contributed by atoms with van der Waals surface area (Å²) in [6, 6.07) is 4.89. The van der Waals surface area contributed by atoms with Gasteiger partial charge in [-0.3, -0.25) is 24.3 Å². The number of carbonyl (C=O) groups is 3. The third-order valence-corrected chi connectivity index (χ3v) is 6.00. The van der Waals surface area contributed by atoms with E-state index in [0.717, 1.165) is 33.1 Å². The molecule has 0 bridgehead atoms. The molecule has 2 unspecified atom stereocenters. The van der Waals surface area contributed by atoms with E-state index in [-0.39, 0.29) is 0 Å². The molecular weight excluding hydrogens is 386 g/mol. The van der Waals surface area contributed by atoms with Crippen LogP contribution in [-0.4, -0.2) is 71.5 Å². The van der Waals surface area contributed by atoms with Crippen molar-refractivity contribution in [3.05, 3.63) is 40.7 Å². The number of methoxy groups -OCH3 is 1. The van der Waals surface area contributed by atoms with Gasteiger partial charge in [-0.1, -0.05) is 17.7 Å². The van der Waals surface area contributed by atoms with E-state index < -0.39 is 36.7 Å². The number of aryl methyl sites for hydroxylation is 2. The summed E-state index contributed by atoms with van der Waals surface area (Å²) in [7, 11) is 2.82. The number of carbonyl (C=O) groups excluding carboxylic acids is 3. The number of nitrogens with zero attached hydrogens (tertiary/aromatic N) is 5. The lowest BCUT2D eigenvalue weighted by atomic mass is 10.1. The lowest BCUT2D eigenvalue weighted by Crippen LogP contribution is -2.65. The normalized spacial score (nSPS) is 23.2. The number of rotatable bonds is 3. The van der Waals surface area contributed by atoms with Crippen LogP contribution in [0.2, 0.25) is 0 Å². The minimum atomic E-state index is -0.724. The molecule has 0 spiro atoms. The smallest absolute Gasteiger partial charge is 0.328 e. The standard InChI is InChI=1S/C21H25N5O4/c1-11-7-8-15(12(2)9-11)25-13(3)14(4)26-17-18(22-20(25)26)23(5)21(29)24(19(17)28)10-16(27)30-6/h7-9,17-18H,10H2,1-6H3. The number of guanidine groups is 1. The Bertz CT molecular complexity index is 1030. The number of esters is 1. The molecule has 3 aliphatic rings. The van der Waals surface area contributed by atoms with E-state index in [4.69, 9.17) is 4.99 Å². The number of urea groups is 1. The summed E-state index contributed by atoms with van der Waals surface area (Å²) < 4.78 is 4.66. The first-order valence-corrected chi connectivity index (χ1v) is 9.74. The maximum absolute atomic E-state index is 13.3. The predicted molar refractivity (Wildman–Crippen MR) is 111 cm³/mol. The van der Waals surface area contributed by atoms with Crippen LogP contribution in [0.1, 0.15) is 25.0 Å². The number of anilines is 1. The van der Waals surface area contributed by atoms with Gasteiger partial charge in [0.15, 0.2) is 12.2 Å². The van der Waals surface area contributed by atoms with Crippen molar-refractivity contribution in [2.24, 2.45) is 4.99 Å². The average molecular weight is 411 g/mol. The first-order valence-electron chi connectivity index (χ1n) is 9.74. The minimum absolute atomic E-state index is 0.423. The maximum Gasteiger partial charge on any atom is 0.328 e. The van der Waals surface area contributed by atoms with Gasteiger partial charge in [0.05, 0.1) is 12.8 Å². The number of benzene rings is 1. The van der Waals surface area contributed by atoms with Gasteiger partial charge in [-0.25, -0.2) is 9.79 Å². The Hall–Kier alpha value is -3.36. The minimum Gasteiger partial charge on any atom is -0.468 e. The molecular formula is C21H25N5O4. The number of amides is 3. The van der Waals surface area contributed by atoms with Gasteiger partial charge in [0.25, 0.3) is 5.91 Å². The van der Waals surface area contributed by atoms with Gasteiger partial charge < -0.3 is 9.64 Å². The Morgan fingerprint density at radius 3 is 2.47 bits per heavy atom. The number of hydrogen-bond donors (Lipinski definition) is 0. The van der Waals surface area contributed by atoms with E-state index >= 15 is 0 Å².